The Morgan fingerprint density at radius 2 is 1.08 bits per heavy atom. The lowest BCUT2D eigenvalue weighted by molar-refractivity contribution is 0.590. The molecule has 4 nitrogen and oxygen atoms in total. The van der Waals surface area contributed by atoms with Gasteiger partial charge in [0, 0.05) is 55.7 Å². The van der Waals surface area contributed by atoms with E-state index < -0.39 is 0 Å². The van der Waals surface area contributed by atoms with Crippen molar-refractivity contribution in [1.82, 2.24) is 4.57 Å². The lowest BCUT2D eigenvalue weighted by atomic mass is 9.33. The zero-order valence-electron chi connectivity index (χ0n) is 38.6. The molecule has 0 unspecified atom stereocenters. The molecule has 0 saturated carbocycles. The molecule has 0 atom stereocenters. The molecule has 13 rings (SSSR count). The number of aromatic nitrogens is 1. The predicted molar refractivity (Wildman–Crippen MR) is 282 cm³/mol. The first kappa shape index (κ1) is 38.9. The molecule has 0 N–H and O–H groups in total. The van der Waals surface area contributed by atoms with Crippen LogP contribution in [-0.2, 0) is 10.8 Å². The van der Waals surface area contributed by atoms with Crippen LogP contribution in [0.15, 0.2) is 180 Å². The van der Waals surface area contributed by atoms with Gasteiger partial charge in [-0.2, -0.15) is 0 Å². The first-order valence-electron chi connectivity index (χ1n) is 23.4. The summed E-state index contributed by atoms with van der Waals surface area (Å²) in [5.41, 5.74) is 20.1. The first-order chi connectivity index (χ1) is 31.9. The number of nitrogens with zero attached hydrogens (tertiary/aromatic N) is 3. The molecule has 66 heavy (non-hydrogen) atoms. The highest BCUT2D eigenvalue weighted by atomic mass is 16.3. The van der Waals surface area contributed by atoms with E-state index in [4.69, 9.17) is 4.42 Å². The highest BCUT2D eigenvalue weighted by molar-refractivity contribution is 7.00. The van der Waals surface area contributed by atoms with Crippen molar-refractivity contribution in [1.29, 1.82) is 0 Å². The van der Waals surface area contributed by atoms with E-state index in [-0.39, 0.29) is 17.5 Å². The predicted octanol–water partition coefficient (Wildman–Crippen LogP) is 14.8. The van der Waals surface area contributed by atoms with E-state index in [9.17, 15) is 0 Å². The van der Waals surface area contributed by atoms with Crippen LogP contribution in [0.5, 0.6) is 0 Å². The Hall–Kier alpha value is -7.50. The minimum Gasteiger partial charge on any atom is -0.455 e. The number of hydrogen-bond acceptors (Lipinski definition) is 3. The Labute approximate surface area is 386 Å². The minimum atomic E-state index is -0.0587. The fourth-order valence-corrected chi connectivity index (χ4v) is 11.3. The Kier molecular flexibility index (Phi) is 8.12. The van der Waals surface area contributed by atoms with Gasteiger partial charge in [-0.15, -0.1) is 0 Å². The molecular formula is C61H50BN3O. The fourth-order valence-electron chi connectivity index (χ4n) is 11.3. The Balaban J connectivity index is 1.12. The van der Waals surface area contributed by atoms with Gasteiger partial charge in [0.25, 0.3) is 6.71 Å². The summed E-state index contributed by atoms with van der Waals surface area (Å²) in [6.45, 7) is 16.1. The van der Waals surface area contributed by atoms with Crippen molar-refractivity contribution in [3.63, 3.8) is 0 Å². The molecule has 5 heteroatoms. The molecule has 0 radical (unpaired) electrons. The first-order valence-corrected chi connectivity index (χ1v) is 23.4. The van der Waals surface area contributed by atoms with Gasteiger partial charge in [-0.1, -0.05) is 145 Å². The van der Waals surface area contributed by atoms with Crippen molar-refractivity contribution >= 4 is 112 Å². The number of furan rings is 1. The van der Waals surface area contributed by atoms with Gasteiger partial charge in [-0.25, -0.2) is 0 Å². The lowest BCUT2D eigenvalue weighted by Gasteiger charge is -2.45. The number of rotatable bonds is 3. The Bertz CT molecular complexity index is 3770. The Morgan fingerprint density at radius 1 is 0.439 bits per heavy atom. The van der Waals surface area contributed by atoms with E-state index in [2.05, 4.69) is 239 Å². The third-order valence-electron chi connectivity index (χ3n) is 14.5. The van der Waals surface area contributed by atoms with Gasteiger partial charge in [0.05, 0.1) is 22.1 Å². The van der Waals surface area contributed by atoms with E-state index in [1.165, 1.54) is 83.0 Å². The summed E-state index contributed by atoms with van der Waals surface area (Å²) < 4.78 is 9.31. The summed E-state index contributed by atoms with van der Waals surface area (Å²) >= 11 is 0. The van der Waals surface area contributed by atoms with Gasteiger partial charge in [-0.05, 0) is 129 Å². The number of benzene rings is 9. The molecule has 2 aromatic heterocycles. The van der Waals surface area contributed by atoms with Crippen LogP contribution in [-0.4, -0.2) is 11.3 Å². The summed E-state index contributed by atoms with van der Waals surface area (Å²) in [6, 6.07) is 65.9. The summed E-state index contributed by atoms with van der Waals surface area (Å²) in [6.07, 6.45) is 0. The molecule has 9 aromatic carbocycles. The van der Waals surface area contributed by atoms with Crippen LogP contribution < -0.4 is 26.2 Å². The van der Waals surface area contributed by atoms with E-state index in [1.54, 1.807) is 0 Å². The molecule has 318 valence electrons. The largest absolute Gasteiger partial charge is 0.455 e. The number of hydrogen-bond donors (Lipinski definition) is 0. The van der Waals surface area contributed by atoms with Gasteiger partial charge < -0.3 is 18.8 Å². The van der Waals surface area contributed by atoms with E-state index >= 15 is 0 Å². The summed E-state index contributed by atoms with van der Waals surface area (Å²) in [5.74, 6) is 0. The molecule has 2 aliphatic rings. The second-order valence-electron chi connectivity index (χ2n) is 20.7. The van der Waals surface area contributed by atoms with Gasteiger partial charge in [0.15, 0.2) is 0 Å². The maximum absolute atomic E-state index is 6.85. The monoisotopic (exact) mass is 851 g/mol. The highest BCUT2D eigenvalue weighted by Gasteiger charge is 2.44. The minimum absolute atomic E-state index is 0.0230. The lowest BCUT2D eigenvalue weighted by Crippen LogP contribution is -2.61. The average molecular weight is 852 g/mol. The normalized spacial score (nSPS) is 13.6. The van der Waals surface area contributed by atoms with Crippen molar-refractivity contribution < 1.29 is 4.42 Å². The zero-order chi connectivity index (χ0) is 44.8. The molecule has 0 aliphatic carbocycles. The van der Waals surface area contributed by atoms with Crippen molar-refractivity contribution in [2.45, 2.75) is 59.3 Å². The molecule has 4 heterocycles. The third-order valence-corrected chi connectivity index (χ3v) is 14.5. The van der Waals surface area contributed by atoms with Gasteiger partial charge in [-0.3, -0.25) is 0 Å². The van der Waals surface area contributed by atoms with Crippen LogP contribution in [0, 0.1) is 6.92 Å². The molecule has 2 aliphatic heterocycles. The average Bonchev–Trinajstić information content (AvgIpc) is 3.87. The van der Waals surface area contributed by atoms with Crippen LogP contribution >= 0.6 is 0 Å². The topological polar surface area (TPSA) is 24.6 Å². The SMILES string of the molecule is Cc1cc2c3c(c1)N(c1cccc4oc5c6ccccc6ccc5c14)c1ccc(C(C)(C)C)cc1B3c1ccc(-n3c4ccccc4c4ccccc43)cc1N2c1ccc(C(C)(C)C)cc1. The van der Waals surface area contributed by atoms with Crippen LogP contribution in [0.2, 0.25) is 0 Å². The summed E-state index contributed by atoms with van der Waals surface area (Å²) in [7, 11) is 0. The fraction of sp³-hybridized carbons (Fsp3) is 0.148. The number of aryl methyl sites for hydroxylation is 1. The summed E-state index contributed by atoms with van der Waals surface area (Å²) in [4.78, 5) is 5.10. The second kappa shape index (κ2) is 13.8. The van der Waals surface area contributed by atoms with E-state index in [0.29, 0.717) is 0 Å². The van der Waals surface area contributed by atoms with E-state index in [1.807, 2.05) is 0 Å². The van der Waals surface area contributed by atoms with Crippen LogP contribution in [0.1, 0.15) is 58.2 Å². The molecule has 0 bridgehead atoms. The van der Waals surface area contributed by atoms with Crippen molar-refractivity contribution in [3.05, 3.63) is 193 Å². The molecule has 0 fully saturated rings. The van der Waals surface area contributed by atoms with Crippen molar-refractivity contribution in [3.8, 4) is 5.69 Å². The van der Waals surface area contributed by atoms with Crippen molar-refractivity contribution in [2.24, 2.45) is 0 Å². The third kappa shape index (κ3) is 5.59. The van der Waals surface area contributed by atoms with Gasteiger partial charge in [0.1, 0.15) is 11.2 Å². The second-order valence-corrected chi connectivity index (χ2v) is 20.7. The van der Waals surface area contributed by atoms with Gasteiger partial charge >= 0.3 is 0 Å². The van der Waals surface area contributed by atoms with Crippen LogP contribution in [0.4, 0.5) is 34.1 Å². The Morgan fingerprint density at radius 3 is 1.79 bits per heavy atom. The van der Waals surface area contributed by atoms with Crippen LogP contribution in [0.3, 0.4) is 0 Å². The molecule has 11 aromatic rings. The smallest absolute Gasteiger partial charge is 0.252 e. The van der Waals surface area contributed by atoms with E-state index in [0.717, 1.165) is 44.4 Å². The number of fused-ring (bicyclic) bond motifs is 12. The van der Waals surface area contributed by atoms with Crippen molar-refractivity contribution in [2.75, 3.05) is 9.80 Å². The summed E-state index contributed by atoms with van der Waals surface area (Å²) in [5, 5.41) is 7.07. The molecule has 0 saturated heterocycles. The standard InChI is InChI=1S/C61H50BN3O/c1-37-33-54-58-55(34-37)65(52-21-14-22-56-57(52)46-30-23-38-15-8-9-16-43(38)59(46)66-56)51-32-26-40(61(5,6)7)35-48(51)62(58)47-31-29-42(36-53(47)63(54)41-27-24-39(25-28-41)60(2,3)4)64-49-19-12-10-17-44(49)45-18-11-13-20-50(45)64/h8-36H,1-7H3. The number of anilines is 6. The maximum Gasteiger partial charge on any atom is 0.252 e. The highest BCUT2D eigenvalue weighted by Crippen LogP contribution is 2.49. The molecule has 0 spiro atoms. The zero-order valence-corrected chi connectivity index (χ0v) is 38.6. The maximum atomic E-state index is 6.85. The van der Waals surface area contributed by atoms with Crippen LogP contribution in [0.25, 0.3) is 60.2 Å². The number of para-hydroxylation sites is 2. The van der Waals surface area contributed by atoms with Gasteiger partial charge in [0.2, 0.25) is 0 Å². The molecule has 0 amide bonds. The quantitative estimate of drug-likeness (QED) is 0.166. The molecular weight excluding hydrogens is 802 g/mol.